The van der Waals surface area contributed by atoms with Crippen LogP contribution in [0.4, 0.5) is 11.4 Å². The van der Waals surface area contributed by atoms with Gasteiger partial charge in [0.15, 0.2) is 5.75 Å². The topological polar surface area (TPSA) is 70.5 Å². The summed E-state index contributed by atoms with van der Waals surface area (Å²) in [6.45, 7) is 0. The second kappa shape index (κ2) is 4.87. The second-order valence-electron chi connectivity index (χ2n) is 3.85. The summed E-state index contributed by atoms with van der Waals surface area (Å²) in [7, 11) is 3.15. The summed E-state index contributed by atoms with van der Waals surface area (Å²) in [6.07, 6.45) is 0. The molecule has 4 heteroatoms. The van der Waals surface area contributed by atoms with E-state index in [2.05, 4.69) is 0 Å². The van der Waals surface area contributed by atoms with Gasteiger partial charge in [0.1, 0.15) is 11.4 Å². The fourth-order valence-corrected chi connectivity index (χ4v) is 1.93. The standard InChI is InChI=1S/C14H16N2O2/c1-17-12-8-7-10(14(18-2)13(12)16)9-5-3-4-6-11(9)15/h3-8H,15-16H2,1-2H3. The van der Waals surface area contributed by atoms with Crippen LogP contribution in [0.1, 0.15) is 0 Å². The first kappa shape index (κ1) is 12.1. The van der Waals surface area contributed by atoms with E-state index in [0.717, 1.165) is 11.1 Å². The molecule has 2 aromatic rings. The quantitative estimate of drug-likeness (QED) is 0.814. The van der Waals surface area contributed by atoms with Crippen molar-refractivity contribution < 1.29 is 9.47 Å². The molecule has 18 heavy (non-hydrogen) atoms. The van der Waals surface area contributed by atoms with Gasteiger partial charge in [0.25, 0.3) is 0 Å². The van der Waals surface area contributed by atoms with Gasteiger partial charge in [-0.3, -0.25) is 0 Å². The van der Waals surface area contributed by atoms with Crippen LogP contribution in [0, 0.1) is 0 Å². The van der Waals surface area contributed by atoms with E-state index < -0.39 is 0 Å². The third-order valence-electron chi connectivity index (χ3n) is 2.83. The summed E-state index contributed by atoms with van der Waals surface area (Å²) in [5.74, 6) is 1.16. The Hall–Kier alpha value is -2.36. The lowest BCUT2D eigenvalue weighted by Crippen LogP contribution is -1.99. The maximum Gasteiger partial charge on any atom is 0.153 e. The van der Waals surface area contributed by atoms with Gasteiger partial charge in [0.05, 0.1) is 14.2 Å². The van der Waals surface area contributed by atoms with E-state index in [1.165, 1.54) is 0 Å². The van der Waals surface area contributed by atoms with Crippen LogP contribution in [-0.2, 0) is 0 Å². The number of hydrogen-bond donors (Lipinski definition) is 2. The van der Waals surface area contributed by atoms with Gasteiger partial charge in [0, 0.05) is 16.8 Å². The minimum absolute atomic E-state index is 0.473. The Labute approximate surface area is 106 Å². The van der Waals surface area contributed by atoms with E-state index in [9.17, 15) is 0 Å². The number of hydrogen-bond acceptors (Lipinski definition) is 4. The van der Waals surface area contributed by atoms with Crippen LogP contribution in [0.5, 0.6) is 11.5 Å². The van der Waals surface area contributed by atoms with Crippen LogP contribution >= 0.6 is 0 Å². The lowest BCUT2D eigenvalue weighted by atomic mass is 10.0. The van der Waals surface area contributed by atoms with E-state index in [4.69, 9.17) is 20.9 Å². The minimum Gasteiger partial charge on any atom is -0.494 e. The molecule has 0 amide bonds. The fourth-order valence-electron chi connectivity index (χ4n) is 1.93. The van der Waals surface area contributed by atoms with Gasteiger partial charge in [-0.25, -0.2) is 0 Å². The summed E-state index contributed by atoms with van der Waals surface area (Å²) in [5.41, 5.74) is 14.9. The Morgan fingerprint density at radius 1 is 0.833 bits per heavy atom. The fraction of sp³-hybridized carbons (Fsp3) is 0.143. The molecule has 0 fully saturated rings. The third-order valence-corrected chi connectivity index (χ3v) is 2.83. The first-order chi connectivity index (χ1) is 8.69. The third kappa shape index (κ3) is 1.93. The Bertz CT molecular complexity index is 568. The first-order valence-electron chi connectivity index (χ1n) is 5.54. The van der Waals surface area contributed by atoms with Crippen molar-refractivity contribution in [3.63, 3.8) is 0 Å². The number of ether oxygens (including phenoxy) is 2. The summed E-state index contributed by atoms with van der Waals surface area (Å²) in [4.78, 5) is 0. The largest absolute Gasteiger partial charge is 0.494 e. The van der Waals surface area contributed by atoms with Crippen LogP contribution in [0.2, 0.25) is 0 Å². The molecule has 0 aliphatic rings. The zero-order valence-corrected chi connectivity index (χ0v) is 10.4. The maximum absolute atomic E-state index is 6.00. The lowest BCUT2D eigenvalue weighted by molar-refractivity contribution is 0.399. The number of nitrogen functional groups attached to an aromatic ring is 2. The van der Waals surface area contributed by atoms with Gasteiger partial charge in [0.2, 0.25) is 0 Å². The molecule has 4 nitrogen and oxygen atoms in total. The van der Waals surface area contributed by atoms with Crippen molar-refractivity contribution in [3.05, 3.63) is 36.4 Å². The first-order valence-corrected chi connectivity index (χ1v) is 5.54. The number of methoxy groups -OCH3 is 2. The van der Waals surface area contributed by atoms with E-state index in [0.29, 0.717) is 22.9 Å². The molecule has 0 aromatic heterocycles. The van der Waals surface area contributed by atoms with Crippen molar-refractivity contribution >= 4 is 11.4 Å². The summed E-state index contributed by atoms with van der Waals surface area (Å²) in [6, 6.07) is 11.3. The van der Waals surface area contributed by atoms with Gasteiger partial charge in [-0.15, -0.1) is 0 Å². The lowest BCUT2D eigenvalue weighted by Gasteiger charge is -2.15. The number of nitrogens with two attached hydrogens (primary N) is 2. The Kier molecular flexibility index (Phi) is 3.28. The van der Waals surface area contributed by atoms with Gasteiger partial charge in [-0.1, -0.05) is 18.2 Å². The van der Waals surface area contributed by atoms with Crippen molar-refractivity contribution in [1.82, 2.24) is 0 Å². The second-order valence-corrected chi connectivity index (χ2v) is 3.85. The van der Waals surface area contributed by atoms with Crippen LogP contribution in [0.3, 0.4) is 0 Å². The van der Waals surface area contributed by atoms with Crippen LogP contribution in [-0.4, -0.2) is 14.2 Å². The maximum atomic E-state index is 6.00. The zero-order chi connectivity index (χ0) is 13.1. The molecule has 0 saturated heterocycles. The Morgan fingerprint density at radius 3 is 2.17 bits per heavy atom. The molecule has 0 aliphatic heterocycles. The molecule has 0 radical (unpaired) electrons. The predicted molar refractivity (Wildman–Crippen MR) is 73.8 cm³/mol. The van der Waals surface area contributed by atoms with Crippen molar-refractivity contribution in [1.29, 1.82) is 0 Å². The van der Waals surface area contributed by atoms with E-state index in [1.54, 1.807) is 20.3 Å². The molecule has 0 atom stereocenters. The molecule has 2 rings (SSSR count). The Morgan fingerprint density at radius 2 is 1.56 bits per heavy atom. The molecule has 2 aromatic carbocycles. The number of para-hydroxylation sites is 1. The molecular formula is C14H16N2O2. The monoisotopic (exact) mass is 244 g/mol. The van der Waals surface area contributed by atoms with Crippen molar-refractivity contribution in [2.75, 3.05) is 25.7 Å². The van der Waals surface area contributed by atoms with Crippen molar-refractivity contribution in [2.24, 2.45) is 0 Å². The van der Waals surface area contributed by atoms with Crippen LogP contribution in [0.25, 0.3) is 11.1 Å². The predicted octanol–water partition coefficient (Wildman–Crippen LogP) is 2.54. The molecule has 0 bridgehead atoms. The van der Waals surface area contributed by atoms with Gasteiger partial charge in [-0.05, 0) is 18.2 Å². The molecule has 94 valence electrons. The van der Waals surface area contributed by atoms with E-state index in [-0.39, 0.29) is 0 Å². The number of anilines is 2. The molecule has 0 spiro atoms. The normalized spacial score (nSPS) is 10.1. The highest BCUT2D eigenvalue weighted by Crippen LogP contribution is 2.41. The van der Waals surface area contributed by atoms with Gasteiger partial charge < -0.3 is 20.9 Å². The Balaban J connectivity index is 2.66. The molecular weight excluding hydrogens is 228 g/mol. The average molecular weight is 244 g/mol. The smallest absolute Gasteiger partial charge is 0.153 e. The highest BCUT2D eigenvalue weighted by molar-refractivity contribution is 5.86. The van der Waals surface area contributed by atoms with Crippen molar-refractivity contribution in [2.45, 2.75) is 0 Å². The van der Waals surface area contributed by atoms with E-state index >= 15 is 0 Å². The zero-order valence-electron chi connectivity index (χ0n) is 10.4. The van der Waals surface area contributed by atoms with Crippen molar-refractivity contribution in [3.8, 4) is 22.6 Å². The van der Waals surface area contributed by atoms with Gasteiger partial charge >= 0.3 is 0 Å². The molecule has 0 unspecified atom stereocenters. The van der Waals surface area contributed by atoms with Gasteiger partial charge in [-0.2, -0.15) is 0 Å². The molecule has 0 aliphatic carbocycles. The highest BCUT2D eigenvalue weighted by atomic mass is 16.5. The summed E-state index contributed by atoms with van der Waals surface area (Å²) >= 11 is 0. The molecule has 0 heterocycles. The average Bonchev–Trinajstić information content (AvgIpc) is 2.39. The number of rotatable bonds is 3. The van der Waals surface area contributed by atoms with Crippen LogP contribution < -0.4 is 20.9 Å². The summed E-state index contributed by atoms with van der Waals surface area (Å²) < 4.78 is 10.5. The summed E-state index contributed by atoms with van der Waals surface area (Å²) in [5, 5.41) is 0. The highest BCUT2D eigenvalue weighted by Gasteiger charge is 2.14. The molecule has 4 N–H and O–H groups in total. The SMILES string of the molecule is COc1ccc(-c2ccccc2N)c(OC)c1N. The number of benzene rings is 2. The van der Waals surface area contributed by atoms with Crippen LogP contribution in [0.15, 0.2) is 36.4 Å². The van der Waals surface area contributed by atoms with E-state index in [1.807, 2.05) is 30.3 Å². The molecule has 0 saturated carbocycles. The minimum atomic E-state index is 0.473.